The average Bonchev–Trinajstić information content (AvgIpc) is 2.45. The van der Waals surface area contributed by atoms with Crippen LogP contribution in [-0.2, 0) is 14.6 Å². The van der Waals surface area contributed by atoms with E-state index in [4.69, 9.17) is 0 Å². The maximum Gasteiger partial charge on any atom is 1.00 e. The Balaban J connectivity index is 0. The second-order valence-electron chi connectivity index (χ2n) is 5.91. The fraction of sp³-hybridized carbons (Fsp3) is 0.882. The largest absolute Gasteiger partial charge is 1.00 e. The molecule has 0 saturated heterocycles. The fourth-order valence-electron chi connectivity index (χ4n) is 2.46. The molecule has 4 nitrogen and oxygen atoms in total. The van der Waals surface area contributed by atoms with Crippen LogP contribution in [0.2, 0.25) is 0 Å². The van der Waals surface area contributed by atoms with Crippen LogP contribution in [-0.4, -0.2) is 13.0 Å². The molecule has 0 rings (SSSR count). The van der Waals surface area contributed by atoms with Gasteiger partial charge in [-0.15, -0.1) is 0 Å². The molecule has 132 valence electrons. The fourth-order valence-corrected chi connectivity index (χ4v) is 2.67. The van der Waals surface area contributed by atoms with E-state index in [2.05, 4.69) is 11.1 Å². The third kappa shape index (κ3) is 24.8. The Labute approximate surface area is 165 Å². The van der Waals surface area contributed by atoms with Crippen molar-refractivity contribution >= 4 is 10.4 Å². The molecule has 0 aliphatic carbocycles. The molecule has 0 aromatic rings. The third-order valence-corrected chi connectivity index (χ3v) is 4.09. The summed E-state index contributed by atoms with van der Waals surface area (Å²) in [4.78, 5) is 0. The molecule has 0 amide bonds. The molecule has 0 unspecified atom stereocenters. The summed E-state index contributed by atoms with van der Waals surface area (Å²) in [5.74, 6) is 0. The molecule has 0 aromatic heterocycles. The second kappa shape index (κ2) is 18.8. The van der Waals surface area contributed by atoms with Gasteiger partial charge in [-0.05, 0) is 18.9 Å². The Morgan fingerprint density at radius 1 is 0.783 bits per heavy atom. The molecule has 0 atom stereocenters. The molecule has 23 heavy (non-hydrogen) atoms. The number of unbranched alkanes of at least 4 members (excludes halogenated alkanes) is 13. The molecule has 0 fully saturated rings. The first-order valence-corrected chi connectivity index (χ1v) is 10.2. The van der Waals surface area contributed by atoms with Gasteiger partial charge in [-0.1, -0.05) is 84.0 Å². The number of hydrogen-bond acceptors (Lipinski definition) is 4. The van der Waals surface area contributed by atoms with E-state index < -0.39 is 10.4 Å². The van der Waals surface area contributed by atoms with Crippen molar-refractivity contribution in [3.05, 3.63) is 12.3 Å². The van der Waals surface area contributed by atoms with Crippen LogP contribution in [0.15, 0.2) is 12.3 Å². The van der Waals surface area contributed by atoms with Crippen LogP contribution in [0.1, 0.15) is 96.8 Å². The third-order valence-electron chi connectivity index (χ3n) is 3.74. The predicted octanol–water partition coefficient (Wildman–Crippen LogP) is 2.46. The van der Waals surface area contributed by atoms with E-state index in [-0.39, 0.29) is 29.6 Å². The molecular weight excluding hydrogens is 323 g/mol. The normalized spacial score (nSPS) is 11.6. The van der Waals surface area contributed by atoms with Gasteiger partial charge in [-0.25, -0.2) is 8.42 Å². The Bertz CT molecular complexity index is 356. The Morgan fingerprint density at radius 3 is 1.57 bits per heavy atom. The van der Waals surface area contributed by atoms with Crippen molar-refractivity contribution in [3.63, 3.8) is 0 Å². The summed E-state index contributed by atoms with van der Waals surface area (Å²) >= 11 is 0. The number of hydrogen-bond donors (Lipinski definition) is 0. The first kappa shape index (κ1) is 25.7. The molecule has 0 saturated carbocycles. The van der Waals surface area contributed by atoms with Gasteiger partial charge in [-0.2, -0.15) is 0 Å². The molecule has 0 radical (unpaired) electrons. The second-order valence-corrected chi connectivity index (χ2v) is 6.92. The van der Waals surface area contributed by atoms with E-state index in [9.17, 15) is 13.0 Å². The van der Waals surface area contributed by atoms with Crippen molar-refractivity contribution < 1.29 is 46.7 Å². The SMILES string of the molecule is CCCCCCCCCCCCCCCC=COS(=O)(=O)[O-].[Na+]. The molecule has 0 spiro atoms. The van der Waals surface area contributed by atoms with Gasteiger partial charge < -0.3 is 8.74 Å². The van der Waals surface area contributed by atoms with Crippen LogP contribution in [0.5, 0.6) is 0 Å². The zero-order valence-electron chi connectivity index (χ0n) is 15.1. The van der Waals surface area contributed by atoms with Crippen LogP contribution in [0.3, 0.4) is 0 Å². The summed E-state index contributed by atoms with van der Waals surface area (Å²) in [6, 6.07) is 0. The van der Waals surface area contributed by atoms with Crippen LogP contribution < -0.4 is 29.6 Å². The molecule has 0 aromatic carbocycles. The number of rotatable bonds is 16. The summed E-state index contributed by atoms with van der Waals surface area (Å²) in [5.41, 5.74) is 0. The monoisotopic (exact) mass is 356 g/mol. The van der Waals surface area contributed by atoms with E-state index >= 15 is 0 Å². The minimum atomic E-state index is -4.58. The quantitative estimate of drug-likeness (QED) is 0.140. The summed E-state index contributed by atoms with van der Waals surface area (Å²) in [6.07, 6.45) is 20.3. The standard InChI is InChI=1S/C17H34O4S.Na/c1-2-3-4-5-6-7-8-9-10-11-12-13-14-15-16-17-21-22(18,19)20;/h16-17H,2-15H2,1H3,(H,18,19,20);/q;+1/p-1. The predicted molar refractivity (Wildman–Crippen MR) is 90.2 cm³/mol. The van der Waals surface area contributed by atoms with Crippen molar-refractivity contribution in [1.82, 2.24) is 0 Å². The summed E-state index contributed by atoms with van der Waals surface area (Å²) in [5, 5.41) is 0. The van der Waals surface area contributed by atoms with Gasteiger partial charge in [0.05, 0.1) is 0 Å². The van der Waals surface area contributed by atoms with Gasteiger partial charge in [0.2, 0.25) is 0 Å². The maximum absolute atomic E-state index is 10.2. The van der Waals surface area contributed by atoms with Crippen LogP contribution in [0, 0.1) is 0 Å². The van der Waals surface area contributed by atoms with Crippen molar-refractivity contribution in [2.45, 2.75) is 96.8 Å². The van der Waals surface area contributed by atoms with E-state index in [1.165, 1.54) is 70.6 Å². The van der Waals surface area contributed by atoms with Gasteiger partial charge in [0.15, 0.2) is 0 Å². The Morgan fingerprint density at radius 2 is 1.17 bits per heavy atom. The van der Waals surface area contributed by atoms with Crippen molar-refractivity contribution in [2.24, 2.45) is 0 Å². The molecule has 0 heterocycles. The van der Waals surface area contributed by atoms with E-state index in [0.29, 0.717) is 0 Å². The summed E-state index contributed by atoms with van der Waals surface area (Å²) < 4.78 is 34.4. The molecule has 0 bridgehead atoms. The smallest absolute Gasteiger partial charge is 0.716 e. The average molecular weight is 357 g/mol. The minimum absolute atomic E-state index is 0. The van der Waals surface area contributed by atoms with Gasteiger partial charge >= 0.3 is 29.6 Å². The van der Waals surface area contributed by atoms with E-state index in [1.807, 2.05) is 0 Å². The van der Waals surface area contributed by atoms with Gasteiger partial charge in [0, 0.05) is 0 Å². The Hall–Kier alpha value is 0.450. The summed E-state index contributed by atoms with van der Waals surface area (Å²) in [6.45, 7) is 2.25. The van der Waals surface area contributed by atoms with E-state index in [0.717, 1.165) is 25.5 Å². The first-order valence-electron chi connectivity index (χ1n) is 8.85. The first-order chi connectivity index (χ1) is 10.6. The topological polar surface area (TPSA) is 66.4 Å². The summed E-state index contributed by atoms with van der Waals surface area (Å²) in [7, 11) is -4.58. The molecule has 0 N–H and O–H groups in total. The Kier molecular flexibility index (Phi) is 21.0. The number of allylic oxidation sites excluding steroid dienone is 1. The molecule has 0 aliphatic rings. The molecular formula is C17H33NaO4S. The van der Waals surface area contributed by atoms with Crippen LogP contribution in [0.4, 0.5) is 0 Å². The molecule has 6 heteroatoms. The zero-order chi connectivity index (χ0) is 16.5. The van der Waals surface area contributed by atoms with Gasteiger partial charge in [0.25, 0.3) is 10.4 Å². The minimum Gasteiger partial charge on any atom is -0.716 e. The van der Waals surface area contributed by atoms with Crippen LogP contribution >= 0.6 is 0 Å². The molecule has 0 aliphatic heterocycles. The zero-order valence-corrected chi connectivity index (χ0v) is 17.9. The maximum atomic E-state index is 10.2. The van der Waals surface area contributed by atoms with Crippen molar-refractivity contribution in [3.8, 4) is 0 Å². The van der Waals surface area contributed by atoms with E-state index in [1.54, 1.807) is 6.08 Å². The van der Waals surface area contributed by atoms with Gasteiger partial charge in [-0.3, -0.25) is 0 Å². The van der Waals surface area contributed by atoms with Crippen LogP contribution in [0.25, 0.3) is 0 Å². The van der Waals surface area contributed by atoms with Crippen molar-refractivity contribution in [2.75, 3.05) is 0 Å². The van der Waals surface area contributed by atoms with Crippen molar-refractivity contribution in [1.29, 1.82) is 0 Å². The van der Waals surface area contributed by atoms with Gasteiger partial charge in [0.1, 0.15) is 6.26 Å².